The Morgan fingerprint density at radius 2 is 1.59 bits per heavy atom. The molecule has 2 amide bonds. The summed E-state index contributed by atoms with van der Waals surface area (Å²) < 4.78 is 16.1. The van der Waals surface area contributed by atoms with Gasteiger partial charge in [-0.1, -0.05) is 54.6 Å². The quantitative estimate of drug-likeness (QED) is 0.448. The zero-order chi connectivity index (χ0) is 24.3. The molecule has 3 aromatic carbocycles. The van der Waals surface area contributed by atoms with Crippen molar-refractivity contribution in [1.29, 1.82) is 0 Å². The smallest absolute Gasteiger partial charge is 0.326 e. The van der Waals surface area contributed by atoms with E-state index in [1.165, 1.54) is 7.11 Å². The molecule has 0 bridgehead atoms. The number of benzene rings is 3. The van der Waals surface area contributed by atoms with E-state index in [2.05, 4.69) is 10.6 Å². The van der Waals surface area contributed by atoms with Crippen molar-refractivity contribution in [3.8, 4) is 11.5 Å². The van der Waals surface area contributed by atoms with E-state index in [4.69, 9.17) is 14.2 Å². The van der Waals surface area contributed by atoms with Gasteiger partial charge in [0, 0.05) is 5.56 Å². The summed E-state index contributed by atoms with van der Waals surface area (Å²) in [5, 5.41) is 5.19. The Bertz CT molecular complexity index is 1120. The number of aryl methyl sites for hydroxylation is 1. The Kier molecular flexibility index (Phi) is 8.62. The van der Waals surface area contributed by atoms with Crippen LogP contribution < -0.4 is 20.1 Å². The van der Waals surface area contributed by atoms with Crippen LogP contribution in [0.15, 0.2) is 78.9 Å². The fourth-order valence-corrected chi connectivity index (χ4v) is 3.08. The van der Waals surface area contributed by atoms with E-state index in [0.717, 1.165) is 5.56 Å². The molecule has 0 heterocycles. The highest BCUT2D eigenvalue weighted by molar-refractivity contribution is 5.97. The van der Waals surface area contributed by atoms with Gasteiger partial charge in [-0.05, 0) is 36.8 Å². The number of hydrogen-bond acceptors (Lipinski definition) is 6. The summed E-state index contributed by atoms with van der Waals surface area (Å²) in [5.74, 6) is -0.808. The lowest BCUT2D eigenvalue weighted by molar-refractivity contribution is -0.154. The second kappa shape index (κ2) is 12.1. The topological polar surface area (TPSA) is 103 Å². The third-order valence-corrected chi connectivity index (χ3v) is 4.75. The van der Waals surface area contributed by atoms with E-state index in [9.17, 15) is 14.4 Å². The lowest BCUT2D eigenvalue weighted by Crippen LogP contribution is -2.36. The van der Waals surface area contributed by atoms with Gasteiger partial charge in [-0.3, -0.25) is 14.4 Å². The molecule has 1 atom stereocenters. The molecule has 176 valence electrons. The molecular weight excluding hydrogens is 436 g/mol. The van der Waals surface area contributed by atoms with E-state index >= 15 is 0 Å². The minimum absolute atomic E-state index is 0.257. The average Bonchev–Trinajstić information content (AvgIpc) is 2.86. The summed E-state index contributed by atoms with van der Waals surface area (Å²) in [5.41, 5.74) is 1.86. The van der Waals surface area contributed by atoms with Gasteiger partial charge in [-0.15, -0.1) is 0 Å². The number of hydrogen-bond donors (Lipinski definition) is 2. The summed E-state index contributed by atoms with van der Waals surface area (Å²) in [6.45, 7) is 1.21. The lowest BCUT2D eigenvalue weighted by Gasteiger charge is -2.19. The maximum absolute atomic E-state index is 13.1. The van der Waals surface area contributed by atoms with Gasteiger partial charge in [0.05, 0.1) is 12.8 Å². The Labute approximate surface area is 197 Å². The molecule has 8 heteroatoms. The zero-order valence-electron chi connectivity index (χ0n) is 18.9. The van der Waals surface area contributed by atoms with Gasteiger partial charge < -0.3 is 24.8 Å². The van der Waals surface area contributed by atoms with Crippen molar-refractivity contribution in [3.05, 3.63) is 90.0 Å². The number of anilines is 1. The summed E-state index contributed by atoms with van der Waals surface area (Å²) in [6.07, 6.45) is -1.23. The summed E-state index contributed by atoms with van der Waals surface area (Å²) in [6, 6.07) is 22.8. The summed E-state index contributed by atoms with van der Waals surface area (Å²) in [4.78, 5) is 37.5. The van der Waals surface area contributed by atoms with Crippen LogP contribution in [0.25, 0.3) is 0 Å². The first-order chi connectivity index (χ1) is 16.5. The molecule has 0 saturated heterocycles. The van der Waals surface area contributed by atoms with Crippen molar-refractivity contribution in [1.82, 2.24) is 5.32 Å². The SMILES string of the molecule is COc1ccc(C)cc1NC(=O)C(OC(=O)CNC(=O)COc1ccccc1)c1ccccc1. The minimum atomic E-state index is -1.23. The van der Waals surface area contributed by atoms with Crippen molar-refractivity contribution in [3.63, 3.8) is 0 Å². The molecule has 8 nitrogen and oxygen atoms in total. The third kappa shape index (κ3) is 7.09. The molecule has 1 unspecified atom stereocenters. The van der Waals surface area contributed by atoms with Crippen LogP contribution in [0.5, 0.6) is 11.5 Å². The second-order valence-corrected chi connectivity index (χ2v) is 7.35. The van der Waals surface area contributed by atoms with Gasteiger partial charge in [0.1, 0.15) is 18.0 Å². The number of nitrogens with one attached hydrogen (secondary N) is 2. The van der Waals surface area contributed by atoms with E-state index in [1.54, 1.807) is 66.7 Å². The number of esters is 1. The van der Waals surface area contributed by atoms with Crippen molar-refractivity contribution in [2.45, 2.75) is 13.0 Å². The van der Waals surface area contributed by atoms with Crippen molar-refractivity contribution in [2.24, 2.45) is 0 Å². The predicted molar refractivity (Wildman–Crippen MR) is 127 cm³/mol. The van der Waals surface area contributed by atoms with Gasteiger partial charge in [0.2, 0.25) is 6.10 Å². The van der Waals surface area contributed by atoms with Gasteiger partial charge >= 0.3 is 5.97 Å². The van der Waals surface area contributed by atoms with Gasteiger partial charge in [-0.2, -0.15) is 0 Å². The molecule has 2 N–H and O–H groups in total. The molecule has 3 aromatic rings. The standard InChI is InChI=1S/C26H26N2O6/c1-18-13-14-22(32-2)21(15-18)28-26(31)25(19-9-5-3-6-10-19)34-24(30)16-27-23(29)17-33-20-11-7-4-8-12-20/h3-15,25H,16-17H2,1-2H3,(H,27,29)(H,28,31). The molecule has 0 fully saturated rings. The number of rotatable bonds is 10. The van der Waals surface area contributed by atoms with Gasteiger partial charge in [0.15, 0.2) is 6.61 Å². The van der Waals surface area contributed by atoms with Crippen LogP contribution in [0.4, 0.5) is 5.69 Å². The van der Waals surface area contributed by atoms with Crippen molar-refractivity contribution in [2.75, 3.05) is 25.6 Å². The molecule has 0 radical (unpaired) electrons. The minimum Gasteiger partial charge on any atom is -0.495 e. The highest BCUT2D eigenvalue weighted by Gasteiger charge is 2.26. The number of carbonyl (C=O) groups excluding carboxylic acids is 3. The molecule has 34 heavy (non-hydrogen) atoms. The molecular formula is C26H26N2O6. The lowest BCUT2D eigenvalue weighted by atomic mass is 10.1. The normalized spacial score (nSPS) is 11.1. The van der Waals surface area contributed by atoms with Crippen molar-refractivity contribution >= 4 is 23.5 Å². The number of carbonyl (C=O) groups is 3. The van der Waals surface area contributed by atoms with Crippen LogP contribution >= 0.6 is 0 Å². The van der Waals surface area contributed by atoms with Crippen LogP contribution in [-0.4, -0.2) is 38.0 Å². The predicted octanol–water partition coefficient (Wildman–Crippen LogP) is 3.42. The largest absolute Gasteiger partial charge is 0.495 e. The second-order valence-electron chi connectivity index (χ2n) is 7.35. The first kappa shape index (κ1) is 24.3. The highest BCUT2D eigenvalue weighted by atomic mass is 16.5. The summed E-state index contributed by atoms with van der Waals surface area (Å²) in [7, 11) is 1.50. The van der Waals surface area contributed by atoms with E-state index < -0.39 is 30.4 Å². The number of para-hydroxylation sites is 1. The number of ether oxygens (including phenoxy) is 3. The Morgan fingerprint density at radius 1 is 0.912 bits per heavy atom. The molecule has 3 rings (SSSR count). The highest BCUT2D eigenvalue weighted by Crippen LogP contribution is 2.27. The number of amides is 2. The van der Waals surface area contributed by atoms with E-state index in [1.807, 2.05) is 19.1 Å². The third-order valence-electron chi connectivity index (χ3n) is 4.75. The zero-order valence-corrected chi connectivity index (χ0v) is 18.9. The Hall–Kier alpha value is -4.33. The van der Waals surface area contributed by atoms with Crippen LogP contribution in [-0.2, 0) is 19.1 Å². The fraction of sp³-hybridized carbons (Fsp3) is 0.192. The van der Waals surface area contributed by atoms with Gasteiger partial charge in [-0.25, -0.2) is 0 Å². The average molecular weight is 463 g/mol. The molecule has 0 aliphatic heterocycles. The Morgan fingerprint density at radius 3 is 2.26 bits per heavy atom. The molecule has 0 spiro atoms. The number of methoxy groups -OCH3 is 1. The maximum atomic E-state index is 13.1. The molecule has 0 saturated carbocycles. The van der Waals surface area contributed by atoms with Crippen LogP contribution in [0.2, 0.25) is 0 Å². The molecule has 0 aromatic heterocycles. The Balaban J connectivity index is 1.62. The molecule has 0 aliphatic rings. The van der Waals surface area contributed by atoms with E-state index in [-0.39, 0.29) is 6.61 Å². The molecule has 0 aliphatic carbocycles. The van der Waals surface area contributed by atoms with E-state index in [0.29, 0.717) is 22.7 Å². The van der Waals surface area contributed by atoms with Crippen LogP contribution in [0, 0.1) is 6.92 Å². The fourth-order valence-electron chi connectivity index (χ4n) is 3.08. The van der Waals surface area contributed by atoms with Crippen molar-refractivity contribution < 1.29 is 28.6 Å². The van der Waals surface area contributed by atoms with Crippen LogP contribution in [0.1, 0.15) is 17.2 Å². The monoisotopic (exact) mass is 462 g/mol. The summed E-state index contributed by atoms with van der Waals surface area (Å²) >= 11 is 0. The van der Waals surface area contributed by atoms with Gasteiger partial charge in [0.25, 0.3) is 11.8 Å². The first-order valence-electron chi connectivity index (χ1n) is 10.6. The maximum Gasteiger partial charge on any atom is 0.326 e. The first-order valence-corrected chi connectivity index (χ1v) is 10.6. The van der Waals surface area contributed by atoms with Crippen LogP contribution in [0.3, 0.4) is 0 Å².